The summed E-state index contributed by atoms with van der Waals surface area (Å²) in [6.07, 6.45) is 14.5. The molecule has 0 heteroatoms. The zero-order valence-corrected chi connectivity index (χ0v) is 13.8. The fourth-order valence-electron chi connectivity index (χ4n) is 3.68. The maximum absolute atomic E-state index is 4.34. The van der Waals surface area contributed by atoms with Gasteiger partial charge in [0.15, 0.2) is 0 Å². The van der Waals surface area contributed by atoms with E-state index in [0.29, 0.717) is 0 Å². The van der Waals surface area contributed by atoms with Crippen LogP contribution in [0.15, 0.2) is 47.1 Å². The van der Waals surface area contributed by atoms with Crippen LogP contribution in [0.5, 0.6) is 0 Å². The Morgan fingerprint density at radius 3 is 2.55 bits per heavy atom. The van der Waals surface area contributed by atoms with Gasteiger partial charge in [-0.1, -0.05) is 55.4 Å². The van der Waals surface area contributed by atoms with Crippen molar-refractivity contribution in [1.29, 1.82) is 0 Å². The van der Waals surface area contributed by atoms with Gasteiger partial charge in [-0.25, -0.2) is 0 Å². The van der Waals surface area contributed by atoms with E-state index >= 15 is 0 Å². The highest BCUT2D eigenvalue weighted by Crippen LogP contribution is 2.48. The maximum atomic E-state index is 4.34. The lowest BCUT2D eigenvalue weighted by Gasteiger charge is -2.42. The van der Waals surface area contributed by atoms with E-state index in [1.54, 1.807) is 5.57 Å². The van der Waals surface area contributed by atoms with Crippen molar-refractivity contribution in [3.63, 3.8) is 0 Å². The van der Waals surface area contributed by atoms with Crippen molar-refractivity contribution in [3.8, 4) is 0 Å². The first kappa shape index (κ1) is 15.4. The van der Waals surface area contributed by atoms with Gasteiger partial charge in [0.05, 0.1) is 0 Å². The van der Waals surface area contributed by atoms with Gasteiger partial charge in [0, 0.05) is 0 Å². The molecule has 0 saturated heterocycles. The van der Waals surface area contributed by atoms with E-state index in [2.05, 4.69) is 52.5 Å². The fourth-order valence-corrected chi connectivity index (χ4v) is 3.68. The molecular formula is C20H30. The Labute approximate surface area is 125 Å². The normalized spacial score (nSPS) is 35.5. The minimum Gasteiger partial charge on any atom is -0.0955 e. The Bertz CT molecular complexity index is 468. The molecule has 0 aromatic carbocycles. The Morgan fingerprint density at radius 1 is 1.05 bits per heavy atom. The highest BCUT2D eigenvalue weighted by molar-refractivity contribution is 5.38. The van der Waals surface area contributed by atoms with Crippen molar-refractivity contribution < 1.29 is 0 Å². The van der Waals surface area contributed by atoms with Crippen molar-refractivity contribution in [3.05, 3.63) is 47.1 Å². The summed E-state index contributed by atoms with van der Waals surface area (Å²) in [6.45, 7) is 13.7. The van der Waals surface area contributed by atoms with E-state index in [0.717, 1.165) is 12.3 Å². The Hall–Kier alpha value is -1.04. The van der Waals surface area contributed by atoms with E-state index in [1.807, 2.05) is 0 Å². The molecule has 20 heavy (non-hydrogen) atoms. The molecule has 0 spiro atoms. The second-order valence-electron chi connectivity index (χ2n) is 7.26. The molecule has 0 aliphatic heterocycles. The van der Waals surface area contributed by atoms with Crippen molar-refractivity contribution >= 4 is 0 Å². The van der Waals surface area contributed by atoms with Gasteiger partial charge in [-0.2, -0.15) is 0 Å². The molecule has 0 aromatic heterocycles. The zero-order chi connectivity index (χ0) is 14.8. The Balaban J connectivity index is 2.37. The van der Waals surface area contributed by atoms with E-state index in [1.165, 1.54) is 48.8 Å². The van der Waals surface area contributed by atoms with Crippen LogP contribution < -0.4 is 0 Å². The van der Waals surface area contributed by atoms with E-state index < -0.39 is 0 Å². The molecule has 0 radical (unpaired) electrons. The first-order valence-corrected chi connectivity index (χ1v) is 8.11. The second-order valence-corrected chi connectivity index (χ2v) is 7.26. The lowest BCUT2D eigenvalue weighted by molar-refractivity contribution is 0.231. The van der Waals surface area contributed by atoms with Gasteiger partial charge in [-0.3, -0.25) is 0 Å². The van der Waals surface area contributed by atoms with Crippen LogP contribution in [-0.4, -0.2) is 0 Å². The van der Waals surface area contributed by atoms with Gasteiger partial charge in [0.25, 0.3) is 0 Å². The summed E-state index contributed by atoms with van der Waals surface area (Å²) < 4.78 is 0. The first-order valence-electron chi connectivity index (χ1n) is 8.11. The molecule has 1 saturated carbocycles. The highest BCUT2D eigenvalue weighted by atomic mass is 14.4. The molecule has 0 N–H and O–H groups in total. The highest BCUT2D eigenvalue weighted by Gasteiger charge is 2.36. The topological polar surface area (TPSA) is 0 Å². The van der Waals surface area contributed by atoms with Crippen molar-refractivity contribution in [2.24, 2.45) is 11.3 Å². The lowest BCUT2D eigenvalue weighted by Crippen LogP contribution is -2.31. The second kappa shape index (κ2) is 6.16. The SMILES string of the molecule is C=C1CC[C@H]2C/C=C(\C)CC/C=C(\C)C/C=C/1C2(C)C. The van der Waals surface area contributed by atoms with Crippen LogP contribution >= 0.6 is 0 Å². The first-order chi connectivity index (χ1) is 9.41. The van der Waals surface area contributed by atoms with Crippen LogP contribution in [0.25, 0.3) is 0 Å². The molecule has 2 rings (SSSR count). The molecule has 0 amide bonds. The molecule has 0 unspecified atom stereocenters. The summed E-state index contributed by atoms with van der Waals surface area (Å²) >= 11 is 0. The summed E-state index contributed by atoms with van der Waals surface area (Å²) in [4.78, 5) is 0. The molecule has 110 valence electrons. The molecule has 1 atom stereocenters. The molecular weight excluding hydrogens is 240 g/mol. The average Bonchev–Trinajstić information content (AvgIpc) is 2.36. The van der Waals surface area contributed by atoms with Crippen LogP contribution in [-0.2, 0) is 0 Å². The smallest absolute Gasteiger partial charge is 0.00728 e. The van der Waals surface area contributed by atoms with Crippen LogP contribution in [0, 0.1) is 11.3 Å². The van der Waals surface area contributed by atoms with Crippen LogP contribution in [0.2, 0.25) is 0 Å². The predicted molar refractivity (Wildman–Crippen MR) is 89.7 cm³/mol. The maximum Gasteiger partial charge on any atom is -0.00728 e. The van der Waals surface area contributed by atoms with Crippen molar-refractivity contribution in [2.75, 3.05) is 0 Å². The summed E-state index contributed by atoms with van der Waals surface area (Å²) in [5.41, 5.74) is 6.22. The number of hydrogen-bond donors (Lipinski definition) is 0. The largest absolute Gasteiger partial charge is 0.0955 e. The Kier molecular flexibility index (Phi) is 4.73. The van der Waals surface area contributed by atoms with Crippen LogP contribution in [0.3, 0.4) is 0 Å². The summed E-state index contributed by atoms with van der Waals surface area (Å²) in [6, 6.07) is 0. The summed E-state index contributed by atoms with van der Waals surface area (Å²) in [5, 5.41) is 0. The minimum absolute atomic E-state index is 0.269. The molecule has 0 heterocycles. The van der Waals surface area contributed by atoms with Gasteiger partial charge < -0.3 is 0 Å². The van der Waals surface area contributed by atoms with Gasteiger partial charge >= 0.3 is 0 Å². The lowest BCUT2D eigenvalue weighted by atomic mass is 9.62. The predicted octanol–water partition coefficient (Wildman–Crippen LogP) is 6.37. The molecule has 2 aliphatic rings. The van der Waals surface area contributed by atoms with Crippen LogP contribution in [0.4, 0.5) is 0 Å². The van der Waals surface area contributed by atoms with Gasteiger partial charge in [0.2, 0.25) is 0 Å². The molecule has 2 bridgehead atoms. The third-order valence-electron chi connectivity index (χ3n) is 5.30. The molecule has 0 nitrogen and oxygen atoms in total. The quantitative estimate of drug-likeness (QED) is 0.448. The average molecular weight is 270 g/mol. The summed E-state index contributed by atoms with van der Waals surface area (Å²) in [5.74, 6) is 0.762. The monoisotopic (exact) mass is 270 g/mol. The Morgan fingerprint density at radius 2 is 1.80 bits per heavy atom. The number of allylic oxidation sites excluding steroid dienone is 7. The van der Waals surface area contributed by atoms with Crippen molar-refractivity contribution in [1.82, 2.24) is 0 Å². The minimum atomic E-state index is 0.269. The zero-order valence-electron chi connectivity index (χ0n) is 13.8. The number of rotatable bonds is 0. The summed E-state index contributed by atoms with van der Waals surface area (Å²) in [7, 11) is 0. The third kappa shape index (κ3) is 3.34. The van der Waals surface area contributed by atoms with Gasteiger partial charge in [0.1, 0.15) is 0 Å². The number of fused-ring (bicyclic) bond motifs is 2. The third-order valence-corrected chi connectivity index (χ3v) is 5.30. The van der Waals surface area contributed by atoms with Crippen LogP contribution in [0.1, 0.15) is 66.2 Å². The van der Waals surface area contributed by atoms with Crippen molar-refractivity contribution in [2.45, 2.75) is 66.2 Å². The molecule has 0 aromatic rings. The van der Waals surface area contributed by atoms with E-state index in [9.17, 15) is 0 Å². The van der Waals surface area contributed by atoms with E-state index in [-0.39, 0.29) is 5.41 Å². The standard InChI is InChI=1S/C20H30/c1-15-7-6-8-16(2)10-14-19-17(3)11-13-18(12-9-15)20(19,4)5/h8-9,14,18H,3,6-7,10-13H2,1-2,4-5H3/b15-9+,16-8+,19-14-/t18-/m1/s1. The molecule has 1 fully saturated rings. The number of hydrogen-bond acceptors (Lipinski definition) is 0. The van der Waals surface area contributed by atoms with E-state index in [4.69, 9.17) is 0 Å². The molecule has 2 aliphatic carbocycles. The van der Waals surface area contributed by atoms with Gasteiger partial charge in [-0.15, -0.1) is 0 Å². The van der Waals surface area contributed by atoms with Gasteiger partial charge in [-0.05, 0) is 69.3 Å². The fraction of sp³-hybridized carbons (Fsp3) is 0.600.